The third kappa shape index (κ3) is 2.40. The topological polar surface area (TPSA) is 55.6 Å². The molecule has 1 saturated heterocycles. The van der Waals surface area contributed by atoms with Gasteiger partial charge in [-0.2, -0.15) is 0 Å². The molecule has 21 heavy (non-hydrogen) atoms. The normalized spacial score (nSPS) is 33.8. The average Bonchev–Trinajstić information content (AvgIpc) is 2.91. The van der Waals surface area contributed by atoms with Crippen molar-refractivity contribution >= 4 is 5.91 Å². The summed E-state index contributed by atoms with van der Waals surface area (Å²) < 4.78 is 5.73. The van der Waals surface area contributed by atoms with Crippen LogP contribution in [0.2, 0.25) is 0 Å². The van der Waals surface area contributed by atoms with Crippen LogP contribution in [0.1, 0.15) is 60.3 Å². The zero-order chi connectivity index (χ0) is 15.9. The van der Waals surface area contributed by atoms with Crippen LogP contribution in [0.15, 0.2) is 0 Å². The van der Waals surface area contributed by atoms with E-state index >= 15 is 0 Å². The lowest BCUT2D eigenvalue weighted by Gasteiger charge is -2.58. The van der Waals surface area contributed by atoms with Crippen molar-refractivity contribution in [3.05, 3.63) is 0 Å². The summed E-state index contributed by atoms with van der Waals surface area (Å²) in [7, 11) is 0. The van der Waals surface area contributed by atoms with E-state index in [-0.39, 0.29) is 17.4 Å². The number of hydrogen-bond donors (Lipinski definition) is 1. The van der Waals surface area contributed by atoms with Crippen molar-refractivity contribution in [2.75, 3.05) is 19.7 Å². The third-order valence-electron chi connectivity index (χ3n) is 6.44. The fourth-order valence-electron chi connectivity index (χ4n) is 4.02. The summed E-state index contributed by atoms with van der Waals surface area (Å²) in [6.07, 6.45) is 4.12. The van der Waals surface area contributed by atoms with Crippen LogP contribution in [0, 0.1) is 10.8 Å². The molecule has 4 heteroatoms. The predicted molar refractivity (Wildman–Crippen MR) is 84.9 cm³/mol. The molecule has 0 bridgehead atoms. The fourth-order valence-corrected chi connectivity index (χ4v) is 4.02. The van der Waals surface area contributed by atoms with E-state index in [1.54, 1.807) is 0 Å². The summed E-state index contributed by atoms with van der Waals surface area (Å²) in [6, 6.07) is 0. The van der Waals surface area contributed by atoms with Gasteiger partial charge in [0, 0.05) is 31.5 Å². The van der Waals surface area contributed by atoms with Crippen molar-refractivity contribution in [3.8, 4) is 0 Å². The molecule has 1 aliphatic carbocycles. The molecule has 1 amide bonds. The Morgan fingerprint density at radius 3 is 2.33 bits per heavy atom. The molecule has 2 atom stereocenters. The van der Waals surface area contributed by atoms with Crippen molar-refractivity contribution in [2.45, 2.75) is 71.9 Å². The smallest absolute Gasteiger partial charge is 0.243 e. The Bertz CT molecular complexity index is 404. The number of rotatable bonds is 5. The van der Waals surface area contributed by atoms with E-state index in [4.69, 9.17) is 10.5 Å². The van der Waals surface area contributed by atoms with E-state index in [1.807, 2.05) is 11.8 Å². The van der Waals surface area contributed by atoms with E-state index in [0.29, 0.717) is 18.4 Å². The maximum absolute atomic E-state index is 13.0. The summed E-state index contributed by atoms with van der Waals surface area (Å²) in [5, 5.41) is 0. The molecule has 4 nitrogen and oxygen atoms in total. The van der Waals surface area contributed by atoms with Gasteiger partial charge >= 0.3 is 0 Å². The highest BCUT2D eigenvalue weighted by Crippen LogP contribution is 2.51. The second-order valence-electron chi connectivity index (χ2n) is 7.52. The van der Waals surface area contributed by atoms with Gasteiger partial charge in [-0.05, 0) is 31.6 Å². The van der Waals surface area contributed by atoms with E-state index < -0.39 is 5.54 Å². The molecule has 1 aliphatic heterocycles. The van der Waals surface area contributed by atoms with Crippen LogP contribution >= 0.6 is 0 Å². The first-order valence-corrected chi connectivity index (χ1v) is 8.46. The fraction of sp³-hybridized carbons (Fsp3) is 0.941. The van der Waals surface area contributed by atoms with Crippen LogP contribution in [0.5, 0.6) is 0 Å². The minimum atomic E-state index is -0.760. The standard InChI is InChI=1S/C17H32N2O2/c1-6-16(7-2)9-10-19(12-16)14(20)17(18)11-13(21-8-3)15(17,4)5/h13H,6-12,18H2,1-5H3. The number of carbonyl (C=O) groups excluding carboxylic acids is 1. The van der Waals surface area contributed by atoms with Gasteiger partial charge in [0.15, 0.2) is 0 Å². The Labute approximate surface area is 129 Å². The van der Waals surface area contributed by atoms with E-state index in [1.165, 1.54) is 0 Å². The van der Waals surface area contributed by atoms with Crippen molar-refractivity contribution in [1.29, 1.82) is 0 Å². The molecule has 1 saturated carbocycles. The second kappa shape index (κ2) is 5.54. The minimum Gasteiger partial charge on any atom is -0.378 e. The first kappa shape index (κ1) is 16.8. The number of ether oxygens (including phenoxy) is 1. The van der Waals surface area contributed by atoms with Crippen LogP contribution in [0.25, 0.3) is 0 Å². The van der Waals surface area contributed by atoms with Crippen LogP contribution in [-0.4, -0.2) is 42.1 Å². The monoisotopic (exact) mass is 296 g/mol. The summed E-state index contributed by atoms with van der Waals surface area (Å²) in [6.45, 7) is 13.0. The second-order valence-corrected chi connectivity index (χ2v) is 7.52. The van der Waals surface area contributed by atoms with Crippen LogP contribution in [-0.2, 0) is 9.53 Å². The highest BCUT2D eigenvalue weighted by Gasteiger charge is 2.64. The molecular formula is C17H32N2O2. The van der Waals surface area contributed by atoms with Crippen LogP contribution in [0.4, 0.5) is 0 Å². The summed E-state index contributed by atoms with van der Waals surface area (Å²) in [4.78, 5) is 15.0. The van der Waals surface area contributed by atoms with E-state index in [9.17, 15) is 4.79 Å². The van der Waals surface area contributed by atoms with E-state index in [2.05, 4.69) is 27.7 Å². The SMILES string of the molecule is CCOC1CC(N)(C(=O)N2CCC(CC)(CC)C2)C1(C)C. The highest BCUT2D eigenvalue weighted by atomic mass is 16.5. The number of amides is 1. The Balaban J connectivity index is 2.08. The molecule has 0 aromatic heterocycles. The van der Waals surface area contributed by atoms with Crippen molar-refractivity contribution < 1.29 is 9.53 Å². The number of nitrogens with zero attached hydrogens (tertiary/aromatic N) is 1. The van der Waals surface area contributed by atoms with Crippen molar-refractivity contribution in [3.63, 3.8) is 0 Å². The minimum absolute atomic E-state index is 0.0983. The van der Waals surface area contributed by atoms with Crippen molar-refractivity contribution in [2.24, 2.45) is 16.6 Å². The zero-order valence-corrected chi connectivity index (χ0v) is 14.4. The van der Waals surface area contributed by atoms with Gasteiger partial charge in [0.05, 0.1) is 6.10 Å². The molecule has 2 N–H and O–H groups in total. The molecule has 0 spiro atoms. The lowest BCUT2D eigenvalue weighted by atomic mass is 9.54. The van der Waals surface area contributed by atoms with Gasteiger partial charge in [0.2, 0.25) is 5.91 Å². The van der Waals surface area contributed by atoms with E-state index in [0.717, 1.165) is 32.4 Å². The molecule has 0 aromatic rings. The number of nitrogens with two attached hydrogens (primary N) is 1. The number of hydrogen-bond acceptors (Lipinski definition) is 3. The lowest BCUT2D eigenvalue weighted by Crippen LogP contribution is -2.76. The van der Waals surface area contributed by atoms with Gasteiger partial charge < -0.3 is 15.4 Å². The Morgan fingerprint density at radius 1 is 1.29 bits per heavy atom. The van der Waals surface area contributed by atoms with Gasteiger partial charge in [-0.15, -0.1) is 0 Å². The Kier molecular flexibility index (Phi) is 4.42. The first-order valence-electron chi connectivity index (χ1n) is 8.46. The highest BCUT2D eigenvalue weighted by molar-refractivity contribution is 5.89. The largest absolute Gasteiger partial charge is 0.378 e. The van der Waals surface area contributed by atoms with Crippen molar-refractivity contribution in [1.82, 2.24) is 4.90 Å². The summed E-state index contributed by atoms with van der Waals surface area (Å²) in [5.74, 6) is 0.132. The van der Waals surface area contributed by atoms with Gasteiger partial charge in [-0.25, -0.2) is 0 Å². The van der Waals surface area contributed by atoms with Gasteiger partial charge in [-0.1, -0.05) is 27.7 Å². The molecule has 1 heterocycles. The molecule has 2 aliphatic rings. The van der Waals surface area contributed by atoms with Crippen LogP contribution < -0.4 is 5.73 Å². The quantitative estimate of drug-likeness (QED) is 0.848. The molecule has 2 fully saturated rings. The van der Waals surface area contributed by atoms with Gasteiger partial charge in [0.1, 0.15) is 5.54 Å². The molecular weight excluding hydrogens is 264 g/mol. The molecule has 2 rings (SSSR count). The third-order valence-corrected chi connectivity index (χ3v) is 6.44. The van der Waals surface area contributed by atoms with Crippen LogP contribution in [0.3, 0.4) is 0 Å². The Hall–Kier alpha value is -0.610. The van der Waals surface area contributed by atoms with Gasteiger partial charge in [-0.3, -0.25) is 4.79 Å². The number of carbonyl (C=O) groups is 1. The zero-order valence-electron chi connectivity index (χ0n) is 14.4. The first-order chi connectivity index (χ1) is 9.76. The Morgan fingerprint density at radius 2 is 1.90 bits per heavy atom. The summed E-state index contributed by atoms with van der Waals surface area (Å²) in [5.41, 5.74) is 5.78. The average molecular weight is 296 g/mol. The van der Waals surface area contributed by atoms with Gasteiger partial charge in [0.25, 0.3) is 0 Å². The lowest BCUT2D eigenvalue weighted by molar-refractivity contribution is -0.178. The maximum atomic E-state index is 13.0. The number of likely N-dealkylation sites (tertiary alicyclic amines) is 1. The molecule has 122 valence electrons. The summed E-state index contributed by atoms with van der Waals surface area (Å²) >= 11 is 0. The predicted octanol–water partition coefficient (Wildman–Crippen LogP) is 2.56. The molecule has 0 radical (unpaired) electrons. The maximum Gasteiger partial charge on any atom is 0.243 e. The molecule has 0 aromatic carbocycles. The molecule has 2 unspecified atom stereocenters.